The summed E-state index contributed by atoms with van der Waals surface area (Å²) in [6.07, 6.45) is 8.72. The molecule has 1 N–H and O–H groups in total. The average molecular weight is 468 g/mol. The Morgan fingerprint density at radius 1 is 1.06 bits per heavy atom. The fourth-order valence-electron chi connectivity index (χ4n) is 5.01. The molecule has 1 aliphatic carbocycles. The second kappa shape index (κ2) is 12.4. The highest BCUT2D eigenvalue weighted by atomic mass is 32.2. The molecule has 3 rings (SSSR count). The molecule has 1 aliphatic rings. The highest BCUT2D eigenvalue weighted by Gasteiger charge is 2.22. The van der Waals surface area contributed by atoms with E-state index in [0.717, 1.165) is 23.2 Å². The minimum absolute atomic E-state index is 0.0244. The number of rotatable bonds is 11. The summed E-state index contributed by atoms with van der Waals surface area (Å²) in [5.41, 5.74) is 5.08. The van der Waals surface area contributed by atoms with E-state index in [1.165, 1.54) is 37.7 Å². The zero-order valence-corrected chi connectivity index (χ0v) is 21.0. The third-order valence-electron chi connectivity index (χ3n) is 6.79. The summed E-state index contributed by atoms with van der Waals surface area (Å²) in [6, 6.07) is 15.0. The van der Waals surface area contributed by atoms with E-state index < -0.39 is 5.97 Å². The molecule has 4 nitrogen and oxygen atoms in total. The van der Waals surface area contributed by atoms with E-state index in [9.17, 15) is 14.7 Å². The molecule has 1 atom stereocenters. The van der Waals surface area contributed by atoms with E-state index in [4.69, 9.17) is 0 Å². The van der Waals surface area contributed by atoms with Gasteiger partial charge in [0.15, 0.2) is 5.78 Å². The number of aliphatic carboxylic acids is 1. The molecule has 1 saturated carbocycles. The van der Waals surface area contributed by atoms with Crippen LogP contribution in [0.25, 0.3) is 11.1 Å². The Bertz CT molecular complexity index is 952. The van der Waals surface area contributed by atoms with Gasteiger partial charge in [0.1, 0.15) is 0 Å². The van der Waals surface area contributed by atoms with Crippen LogP contribution in [0.1, 0.15) is 66.4 Å². The van der Waals surface area contributed by atoms with Crippen LogP contribution in [0.4, 0.5) is 0 Å². The van der Waals surface area contributed by atoms with Crippen molar-refractivity contribution in [3.8, 4) is 11.1 Å². The van der Waals surface area contributed by atoms with E-state index in [2.05, 4.69) is 43.1 Å². The Kier molecular flexibility index (Phi) is 9.57. The smallest absolute Gasteiger partial charge is 0.303 e. The molecule has 0 amide bonds. The quantitative estimate of drug-likeness (QED) is 0.385. The van der Waals surface area contributed by atoms with Gasteiger partial charge in [0.05, 0.1) is 0 Å². The molecule has 1 fully saturated rings. The fourth-order valence-corrected chi connectivity index (χ4v) is 5.72. The Morgan fingerprint density at radius 3 is 2.45 bits per heavy atom. The number of thioether (sulfide) groups is 1. The first-order chi connectivity index (χ1) is 15.9. The number of carbonyl (C=O) groups excluding carboxylic acids is 1. The maximum atomic E-state index is 13.4. The van der Waals surface area contributed by atoms with Crippen molar-refractivity contribution >= 4 is 23.5 Å². The van der Waals surface area contributed by atoms with E-state index in [0.29, 0.717) is 17.4 Å². The Balaban J connectivity index is 1.90. The van der Waals surface area contributed by atoms with Gasteiger partial charge in [-0.1, -0.05) is 55.7 Å². The van der Waals surface area contributed by atoms with Crippen LogP contribution in [0, 0.1) is 12.8 Å². The number of aryl methyl sites for hydroxylation is 1. The molecular weight excluding hydrogens is 430 g/mol. The largest absolute Gasteiger partial charge is 0.481 e. The van der Waals surface area contributed by atoms with Crippen molar-refractivity contribution in [1.82, 2.24) is 4.90 Å². The van der Waals surface area contributed by atoms with E-state index in [1.54, 1.807) is 11.8 Å². The third-order valence-corrected chi connectivity index (χ3v) is 7.59. The van der Waals surface area contributed by atoms with Crippen LogP contribution in [0.2, 0.25) is 0 Å². The van der Waals surface area contributed by atoms with Crippen molar-refractivity contribution in [2.75, 3.05) is 19.1 Å². The molecule has 0 heterocycles. The average Bonchev–Trinajstić information content (AvgIpc) is 2.79. The molecule has 178 valence electrons. The lowest BCUT2D eigenvalue weighted by molar-refractivity contribution is -0.137. The number of carboxylic acids is 1. The minimum atomic E-state index is -0.845. The highest BCUT2D eigenvalue weighted by molar-refractivity contribution is 7.98. The molecule has 1 unspecified atom stereocenters. The minimum Gasteiger partial charge on any atom is -0.481 e. The normalized spacial score (nSPS) is 15.5. The van der Waals surface area contributed by atoms with Gasteiger partial charge in [-0.15, -0.1) is 0 Å². The number of nitrogens with zero attached hydrogens (tertiary/aromatic N) is 1. The summed E-state index contributed by atoms with van der Waals surface area (Å²) in [7, 11) is 2.21. The molecule has 2 aromatic rings. The summed E-state index contributed by atoms with van der Waals surface area (Å²) in [4.78, 5) is 27.1. The monoisotopic (exact) mass is 467 g/mol. The summed E-state index contributed by atoms with van der Waals surface area (Å²) in [5.74, 6) is -0.309. The van der Waals surface area contributed by atoms with E-state index >= 15 is 0 Å². The van der Waals surface area contributed by atoms with Gasteiger partial charge < -0.3 is 5.11 Å². The fraction of sp³-hybridized carbons (Fsp3) is 0.500. The Morgan fingerprint density at radius 2 is 1.79 bits per heavy atom. The van der Waals surface area contributed by atoms with Gasteiger partial charge in [0, 0.05) is 31.0 Å². The molecule has 0 saturated heterocycles. The van der Waals surface area contributed by atoms with Gasteiger partial charge in [-0.05, 0) is 73.1 Å². The molecule has 0 aliphatic heterocycles. The van der Waals surface area contributed by atoms with Crippen LogP contribution in [0.3, 0.4) is 0 Å². The van der Waals surface area contributed by atoms with E-state index in [-0.39, 0.29) is 24.5 Å². The lowest BCUT2D eigenvalue weighted by atomic mass is 9.88. The van der Waals surface area contributed by atoms with Crippen molar-refractivity contribution in [1.29, 1.82) is 0 Å². The van der Waals surface area contributed by atoms with Crippen LogP contribution in [-0.4, -0.2) is 46.9 Å². The van der Waals surface area contributed by atoms with Crippen molar-refractivity contribution in [3.05, 3.63) is 59.2 Å². The zero-order valence-electron chi connectivity index (χ0n) is 20.2. The lowest BCUT2D eigenvalue weighted by Crippen LogP contribution is -2.32. The summed E-state index contributed by atoms with van der Waals surface area (Å²) in [5, 5.41) is 9.27. The highest BCUT2D eigenvalue weighted by Crippen LogP contribution is 2.31. The second-order valence-corrected chi connectivity index (χ2v) is 10.4. The van der Waals surface area contributed by atoms with Crippen LogP contribution in [0.15, 0.2) is 42.5 Å². The van der Waals surface area contributed by atoms with Gasteiger partial charge in [0.2, 0.25) is 0 Å². The maximum Gasteiger partial charge on any atom is 0.303 e. The summed E-state index contributed by atoms with van der Waals surface area (Å²) < 4.78 is 0. The molecule has 5 heteroatoms. The second-order valence-electron chi connectivity index (χ2n) is 9.45. The lowest BCUT2D eigenvalue weighted by Gasteiger charge is -2.31. The number of carbonyl (C=O) groups is 2. The van der Waals surface area contributed by atoms with Gasteiger partial charge >= 0.3 is 5.97 Å². The molecule has 0 aromatic heterocycles. The summed E-state index contributed by atoms with van der Waals surface area (Å²) >= 11 is 1.59. The third kappa shape index (κ3) is 7.18. The van der Waals surface area contributed by atoms with E-state index in [1.807, 2.05) is 24.5 Å². The van der Waals surface area contributed by atoms with Gasteiger partial charge in [0.25, 0.3) is 0 Å². The van der Waals surface area contributed by atoms with Crippen molar-refractivity contribution < 1.29 is 14.7 Å². The van der Waals surface area contributed by atoms with Crippen LogP contribution in [0.5, 0.6) is 0 Å². The first-order valence-corrected chi connectivity index (χ1v) is 13.4. The Labute approximate surface area is 202 Å². The maximum absolute atomic E-state index is 13.4. The van der Waals surface area contributed by atoms with Crippen LogP contribution < -0.4 is 0 Å². The summed E-state index contributed by atoms with van der Waals surface area (Å²) in [6.45, 7) is 2.94. The van der Waals surface area contributed by atoms with Crippen LogP contribution >= 0.6 is 11.8 Å². The number of hydrogen-bond acceptors (Lipinski definition) is 4. The number of carboxylic acid groups (broad SMARTS) is 1. The number of benzene rings is 2. The topological polar surface area (TPSA) is 57.6 Å². The number of Topliss-reactive ketones (excluding diaryl/α,β-unsaturated/α-hetero) is 1. The molecular formula is C28H37NO3S. The molecule has 0 radical (unpaired) electrons. The molecule has 33 heavy (non-hydrogen) atoms. The van der Waals surface area contributed by atoms with Crippen molar-refractivity contribution in [2.45, 2.75) is 64.5 Å². The van der Waals surface area contributed by atoms with Gasteiger partial charge in [-0.2, -0.15) is 11.8 Å². The van der Waals surface area contributed by atoms with Crippen molar-refractivity contribution in [2.24, 2.45) is 5.92 Å². The SMILES string of the molecule is CSCC(CC(=O)O)CC(=O)c1ccc(CN(C)C2CCCCC2)cc1-c1ccccc1C. The molecule has 0 spiro atoms. The first kappa shape index (κ1) is 25.5. The van der Waals surface area contributed by atoms with Crippen molar-refractivity contribution in [3.63, 3.8) is 0 Å². The predicted molar refractivity (Wildman–Crippen MR) is 138 cm³/mol. The molecule has 2 aromatic carbocycles. The number of ketones is 1. The van der Waals surface area contributed by atoms with Crippen LogP contribution in [-0.2, 0) is 11.3 Å². The van der Waals surface area contributed by atoms with Gasteiger partial charge in [-0.25, -0.2) is 0 Å². The first-order valence-electron chi connectivity index (χ1n) is 12.0. The zero-order chi connectivity index (χ0) is 23.8. The predicted octanol–water partition coefficient (Wildman–Crippen LogP) is 6.45. The Hall–Kier alpha value is -2.11. The molecule has 0 bridgehead atoms. The number of hydrogen-bond donors (Lipinski definition) is 1. The standard InChI is InChI=1S/C28H37NO3S/c1-20-9-7-8-12-24(20)26-15-21(18-29(2)23-10-5-4-6-11-23)13-14-25(26)27(30)16-22(19-33-3)17-28(31)32/h7-9,12-15,22-23H,4-6,10-11,16-19H2,1-3H3,(H,31,32). The van der Waals surface area contributed by atoms with Gasteiger partial charge in [-0.3, -0.25) is 14.5 Å².